The summed E-state index contributed by atoms with van der Waals surface area (Å²) in [5.41, 5.74) is 9.08. The molecule has 3 aromatic rings. The summed E-state index contributed by atoms with van der Waals surface area (Å²) in [5, 5.41) is 5.17. The van der Waals surface area contributed by atoms with E-state index in [-0.39, 0.29) is 0 Å². The van der Waals surface area contributed by atoms with E-state index in [2.05, 4.69) is 47.6 Å². The molecule has 1 aromatic carbocycles. The number of nitrogens with two attached hydrogens (primary N) is 2. The molecule has 0 aliphatic rings. The molecule has 0 fully saturated rings. The van der Waals surface area contributed by atoms with Gasteiger partial charge in [-0.15, -0.1) is 0 Å². The summed E-state index contributed by atoms with van der Waals surface area (Å²) in [6.45, 7) is 7.67. The predicted octanol–water partition coefficient (Wildman–Crippen LogP) is 2.90. The number of para-hydroxylation sites is 1. The van der Waals surface area contributed by atoms with Crippen LogP contribution in [0.4, 0.5) is 5.82 Å². The fraction of sp³-hybridized carbons (Fsp3) is 0.444. The number of aromatic nitrogens is 3. The van der Waals surface area contributed by atoms with Gasteiger partial charge in [0, 0.05) is 29.6 Å². The topological polar surface area (TPSA) is 123 Å². The van der Waals surface area contributed by atoms with Gasteiger partial charge < -0.3 is 14.9 Å². The smallest absolute Gasteiger partial charge is 0.152 e. The van der Waals surface area contributed by atoms with Crippen LogP contribution in [-0.2, 0) is 24.2 Å². The summed E-state index contributed by atoms with van der Waals surface area (Å²) in [5.74, 6) is 2.36. The van der Waals surface area contributed by atoms with Crippen LogP contribution in [0.1, 0.15) is 39.4 Å². The first kappa shape index (κ1) is 20.3. The molecule has 3 rings (SSSR count). The van der Waals surface area contributed by atoms with Crippen LogP contribution in [-0.4, -0.2) is 23.3 Å². The zero-order valence-corrected chi connectivity index (χ0v) is 16.3. The Balaban J connectivity index is 0.000000552. The van der Waals surface area contributed by atoms with Gasteiger partial charge in [-0.25, -0.2) is 9.97 Å². The number of pyridine rings is 1. The maximum atomic E-state index is 8.78. The Morgan fingerprint density at radius 1 is 1.27 bits per heavy atom. The molecule has 2 heterocycles. The molecule has 7 nitrogen and oxygen atoms in total. The Bertz CT molecular complexity index is 903. The van der Waals surface area contributed by atoms with Crippen molar-refractivity contribution >= 4 is 39.0 Å². The lowest BCUT2D eigenvalue weighted by Gasteiger charge is -2.11. The van der Waals surface area contributed by atoms with E-state index >= 15 is 0 Å². The van der Waals surface area contributed by atoms with Gasteiger partial charge in [0.2, 0.25) is 0 Å². The Labute approximate surface area is 156 Å². The van der Waals surface area contributed by atoms with E-state index in [0.29, 0.717) is 5.82 Å². The first-order valence-electron chi connectivity index (χ1n) is 8.72. The molecule has 0 spiro atoms. The lowest BCUT2D eigenvalue weighted by atomic mass is 10.1. The van der Waals surface area contributed by atoms with Crippen molar-refractivity contribution in [1.29, 1.82) is 0 Å². The van der Waals surface area contributed by atoms with Crippen LogP contribution in [0.25, 0.3) is 21.9 Å². The highest BCUT2D eigenvalue weighted by Crippen LogP contribution is 2.29. The molecule has 1 atom stereocenters. The third-order valence-electron chi connectivity index (χ3n) is 4.17. The molecule has 142 valence electrons. The molecule has 0 amide bonds. The van der Waals surface area contributed by atoms with Gasteiger partial charge in [0.25, 0.3) is 0 Å². The van der Waals surface area contributed by atoms with Gasteiger partial charge in [0.15, 0.2) is 5.82 Å². The summed E-state index contributed by atoms with van der Waals surface area (Å²) < 4.78 is 19.9. The molecule has 2 aromatic heterocycles. The second-order valence-corrected chi connectivity index (χ2v) is 7.06. The molecule has 4 N–H and O–H groups in total. The van der Waals surface area contributed by atoms with E-state index in [9.17, 15) is 0 Å². The van der Waals surface area contributed by atoms with Crippen molar-refractivity contribution in [2.75, 3.05) is 5.73 Å². The number of hydrogen-bond acceptors (Lipinski definition) is 5. The van der Waals surface area contributed by atoms with E-state index in [1.54, 1.807) is 0 Å². The number of nitrogens with zero attached hydrogens (tertiary/aromatic N) is 3. The molecule has 0 radical (unpaired) electrons. The zero-order chi connectivity index (χ0) is 19.3. The maximum Gasteiger partial charge on any atom is 0.152 e. The molecular formula is C18H26N5O2S-. The summed E-state index contributed by atoms with van der Waals surface area (Å²) in [6.07, 6.45) is 3.29. The standard InChI is InChI=1S/C18H24N4.H3NO2S/c1-4-15-21-16-17(22(15)11-7-8-12(2)3)13-9-5-6-10-14(13)20-18(16)19;1-4(2)3/h5-6,9-10,12H,4,7-8,11H2,1-3H3,(H2,19,20);1H2,(H,2,3)/p-1. The SMILES string of the molecule is CCc1nc2c(N)nc3ccccc3c2n1CCCC(C)C.NS(=O)[O-]. The van der Waals surface area contributed by atoms with Gasteiger partial charge in [0.05, 0.1) is 11.0 Å². The number of rotatable bonds is 5. The number of benzene rings is 1. The first-order valence-corrected chi connectivity index (χ1v) is 9.85. The van der Waals surface area contributed by atoms with Crippen molar-refractivity contribution in [3.63, 3.8) is 0 Å². The van der Waals surface area contributed by atoms with Crippen LogP contribution >= 0.6 is 0 Å². The number of anilines is 1. The Morgan fingerprint density at radius 2 is 1.92 bits per heavy atom. The molecule has 1 unspecified atom stereocenters. The Morgan fingerprint density at radius 3 is 2.54 bits per heavy atom. The highest BCUT2D eigenvalue weighted by Gasteiger charge is 2.16. The van der Waals surface area contributed by atoms with Crippen LogP contribution in [0.2, 0.25) is 0 Å². The minimum atomic E-state index is -2.36. The maximum absolute atomic E-state index is 8.78. The average Bonchev–Trinajstić information content (AvgIpc) is 2.94. The van der Waals surface area contributed by atoms with E-state index in [4.69, 9.17) is 19.5 Å². The first-order chi connectivity index (χ1) is 12.3. The minimum absolute atomic E-state index is 0.533. The van der Waals surface area contributed by atoms with Crippen LogP contribution in [0.5, 0.6) is 0 Å². The molecule has 0 bridgehead atoms. The summed E-state index contributed by atoms with van der Waals surface area (Å²) in [6, 6.07) is 8.18. The summed E-state index contributed by atoms with van der Waals surface area (Å²) in [4.78, 5) is 9.26. The van der Waals surface area contributed by atoms with Gasteiger partial charge >= 0.3 is 0 Å². The Kier molecular flexibility index (Phi) is 7.07. The van der Waals surface area contributed by atoms with Crippen molar-refractivity contribution in [2.45, 2.75) is 46.6 Å². The van der Waals surface area contributed by atoms with Crippen LogP contribution in [0.3, 0.4) is 0 Å². The lowest BCUT2D eigenvalue weighted by Crippen LogP contribution is -2.05. The van der Waals surface area contributed by atoms with Gasteiger partial charge in [-0.1, -0.05) is 39.0 Å². The summed E-state index contributed by atoms with van der Waals surface area (Å²) >= 11 is -2.36. The van der Waals surface area contributed by atoms with Crippen LogP contribution in [0.15, 0.2) is 24.3 Å². The highest BCUT2D eigenvalue weighted by molar-refractivity contribution is 7.76. The fourth-order valence-electron chi connectivity index (χ4n) is 3.07. The van der Waals surface area contributed by atoms with Crippen LogP contribution in [0, 0.1) is 5.92 Å². The number of fused-ring (bicyclic) bond motifs is 3. The van der Waals surface area contributed by atoms with Crippen molar-refractivity contribution in [2.24, 2.45) is 11.1 Å². The molecule has 8 heteroatoms. The van der Waals surface area contributed by atoms with Crippen LogP contribution < -0.4 is 10.9 Å². The third-order valence-corrected chi connectivity index (χ3v) is 4.17. The molecule has 0 saturated heterocycles. The van der Waals surface area contributed by atoms with Crippen molar-refractivity contribution in [1.82, 2.24) is 14.5 Å². The van der Waals surface area contributed by atoms with E-state index in [1.807, 2.05) is 12.1 Å². The summed E-state index contributed by atoms with van der Waals surface area (Å²) in [7, 11) is 0. The van der Waals surface area contributed by atoms with E-state index in [1.165, 1.54) is 6.42 Å². The molecule has 0 aliphatic heterocycles. The largest absolute Gasteiger partial charge is 0.760 e. The minimum Gasteiger partial charge on any atom is -0.760 e. The zero-order valence-electron chi connectivity index (χ0n) is 15.4. The van der Waals surface area contributed by atoms with Gasteiger partial charge in [0.1, 0.15) is 11.3 Å². The molecule has 0 aliphatic carbocycles. The van der Waals surface area contributed by atoms with Crippen molar-refractivity contribution < 1.29 is 8.76 Å². The third kappa shape index (κ3) is 4.78. The number of aryl methyl sites for hydroxylation is 2. The highest BCUT2D eigenvalue weighted by atomic mass is 32.2. The molecular weight excluding hydrogens is 350 g/mol. The molecule has 0 saturated carbocycles. The van der Waals surface area contributed by atoms with Gasteiger partial charge in [-0.3, -0.25) is 9.35 Å². The fourth-order valence-corrected chi connectivity index (χ4v) is 3.07. The second-order valence-electron chi connectivity index (χ2n) is 6.54. The number of nitrogen functional groups attached to an aromatic ring is 1. The predicted molar refractivity (Wildman–Crippen MR) is 106 cm³/mol. The Hall–Kier alpha value is -2.03. The van der Waals surface area contributed by atoms with Crippen molar-refractivity contribution in [3.05, 3.63) is 30.1 Å². The lowest BCUT2D eigenvalue weighted by molar-refractivity contribution is 0.510. The van der Waals surface area contributed by atoms with Crippen molar-refractivity contribution in [3.8, 4) is 0 Å². The second kappa shape index (κ2) is 9.07. The van der Waals surface area contributed by atoms with E-state index < -0.39 is 11.3 Å². The molecule has 26 heavy (non-hydrogen) atoms. The quantitative estimate of drug-likeness (QED) is 0.663. The number of hydrogen-bond donors (Lipinski definition) is 2. The van der Waals surface area contributed by atoms with Gasteiger partial charge in [-0.2, -0.15) is 0 Å². The normalized spacial score (nSPS) is 12.4. The van der Waals surface area contributed by atoms with E-state index in [0.717, 1.165) is 53.1 Å². The van der Waals surface area contributed by atoms with Gasteiger partial charge in [-0.05, 0) is 24.8 Å². The monoisotopic (exact) mass is 376 g/mol. The number of imidazole rings is 1. The average molecular weight is 377 g/mol.